The molecule has 0 fully saturated rings. The minimum absolute atomic E-state index is 0.128. The van der Waals surface area contributed by atoms with Gasteiger partial charge in [-0.3, -0.25) is 9.59 Å². The molecule has 32 heavy (non-hydrogen) atoms. The van der Waals surface area contributed by atoms with Crippen molar-refractivity contribution in [3.63, 3.8) is 0 Å². The van der Waals surface area contributed by atoms with Crippen LogP contribution in [0.1, 0.15) is 42.3 Å². The first kappa shape index (κ1) is 23.5. The van der Waals surface area contributed by atoms with Gasteiger partial charge in [0, 0.05) is 27.8 Å². The molecule has 0 radical (unpaired) electrons. The topological polar surface area (TPSA) is 67.4 Å². The minimum atomic E-state index is -0.297. The lowest BCUT2D eigenvalue weighted by Gasteiger charge is -2.23. The summed E-state index contributed by atoms with van der Waals surface area (Å²) in [4.78, 5) is 24.9. The molecular formula is C26H27BrN2O3. The molecule has 3 aromatic carbocycles. The summed E-state index contributed by atoms with van der Waals surface area (Å²) in [6.45, 7) is 6.59. The Balaban J connectivity index is 1.59. The Bertz CT molecular complexity index is 1090. The lowest BCUT2D eigenvalue weighted by atomic mass is 9.86. The Morgan fingerprint density at radius 1 is 0.938 bits per heavy atom. The van der Waals surface area contributed by atoms with Crippen molar-refractivity contribution >= 4 is 33.4 Å². The fourth-order valence-electron chi connectivity index (χ4n) is 3.17. The van der Waals surface area contributed by atoms with Crippen LogP contribution in [-0.2, 0) is 16.8 Å². The van der Waals surface area contributed by atoms with Crippen LogP contribution in [0.2, 0.25) is 0 Å². The molecule has 0 saturated carbocycles. The molecular weight excluding hydrogens is 468 g/mol. The van der Waals surface area contributed by atoms with E-state index in [1.165, 1.54) is 0 Å². The van der Waals surface area contributed by atoms with E-state index in [1.807, 2.05) is 48.5 Å². The molecule has 2 N–H and O–H groups in total. The van der Waals surface area contributed by atoms with E-state index in [9.17, 15) is 9.59 Å². The Labute approximate surface area is 197 Å². The Morgan fingerprint density at radius 3 is 2.41 bits per heavy atom. The highest BCUT2D eigenvalue weighted by atomic mass is 79.9. The van der Waals surface area contributed by atoms with Crippen LogP contribution in [0.25, 0.3) is 0 Å². The molecule has 0 unspecified atom stereocenters. The van der Waals surface area contributed by atoms with Crippen molar-refractivity contribution in [3.8, 4) is 5.75 Å². The average molecular weight is 495 g/mol. The van der Waals surface area contributed by atoms with Gasteiger partial charge < -0.3 is 15.4 Å². The van der Waals surface area contributed by atoms with Crippen molar-refractivity contribution in [2.75, 3.05) is 11.9 Å². The largest absolute Gasteiger partial charge is 0.483 e. The van der Waals surface area contributed by atoms with Gasteiger partial charge in [0.15, 0.2) is 6.61 Å². The Morgan fingerprint density at radius 2 is 1.69 bits per heavy atom. The molecule has 0 aliphatic rings. The predicted molar refractivity (Wildman–Crippen MR) is 131 cm³/mol. The molecule has 2 amide bonds. The maximum absolute atomic E-state index is 12.5. The predicted octanol–water partition coefficient (Wildman–Crippen LogP) is 5.69. The lowest BCUT2D eigenvalue weighted by Crippen LogP contribution is -2.24. The van der Waals surface area contributed by atoms with Crippen molar-refractivity contribution < 1.29 is 14.3 Å². The van der Waals surface area contributed by atoms with Gasteiger partial charge in [0.05, 0.1) is 0 Å². The number of benzene rings is 3. The zero-order valence-electron chi connectivity index (χ0n) is 18.4. The van der Waals surface area contributed by atoms with E-state index in [4.69, 9.17) is 4.74 Å². The Kier molecular flexibility index (Phi) is 7.70. The highest BCUT2D eigenvalue weighted by Crippen LogP contribution is 2.33. The number of halogens is 1. The number of hydrogen-bond donors (Lipinski definition) is 2. The summed E-state index contributed by atoms with van der Waals surface area (Å²) in [5, 5.41) is 5.68. The summed E-state index contributed by atoms with van der Waals surface area (Å²) in [6, 6.07) is 22.3. The van der Waals surface area contributed by atoms with Crippen molar-refractivity contribution in [2.24, 2.45) is 0 Å². The second kappa shape index (κ2) is 10.5. The van der Waals surface area contributed by atoms with Crippen molar-refractivity contribution in [2.45, 2.75) is 32.7 Å². The van der Waals surface area contributed by atoms with Crippen molar-refractivity contribution in [3.05, 3.63) is 94.0 Å². The molecule has 6 heteroatoms. The second-order valence-corrected chi connectivity index (χ2v) is 9.39. The lowest BCUT2D eigenvalue weighted by molar-refractivity contribution is -0.118. The molecule has 3 aromatic rings. The number of rotatable bonds is 7. The smallest absolute Gasteiger partial charge is 0.262 e. The van der Waals surface area contributed by atoms with Crippen LogP contribution in [0.3, 0.4) is 0 Å². The highest BCUT2D eigenvalue weighted by Gasteiger charge is 2.20. The Hall–Kier alpha value is -3.12. The number of hydrogen-bond acceptors (Lipinski definition) is 3. The van der Waals surface area contributed by atoms with E-state index in [1.54, 1.807) is 24.3 Å². The van der Waals surface area contributed by atoms with E-state index in [0.717, 1.165) is 15.6 Å². The third kappa shape index (κ3) is 6.69. The second-order valence-electron chi connectivity index (χ2n) is 8.48. The molecule has 0 saturated heterocycles. The van der Waals surface area contributed by atoms with Gasteiger partial charge in [0.25, 0.3) is 11.8 Å². The number of anilines is 1. The molecule has 0 bridgehead atoms. The van der Waals surface area contributed by atoms with Crippen LogP contribution in [-0.4, -0.2) is 18.4 Å². The number of nitrogens with one attached hydrogen (secondary N) is 2. The van der Waals surface area contributed by atoms with Gasteiger partial charge in [-0.15, -0.1) is 0 Å². The molecule has 5 nitrogen and oxygen atoms in total. The molecule has 0 spiro atoms. The molecule has 0 aliphatic heterocycles. The van der Waals surface area contributed by atoms with E-state index >= 15 is 0 Å². The summed E-state index contributed by atoms with van der Waals surface area (Å²) < 4.78 is 6.77. The SMILES string of the molecule is CC(C)(C)c1cc(Br)ccc1OCC(=O)Nc1cccc(C(=O)NCc2ccccc2)c1. The van der Waals surface area contributed by atoms with Gasteiger partial charge >= 0.3 is 0 Å². The average Bonchev–Trinajstić information content (AvgIpc) is 2.77. The van der Waals surface area contributed by atoms with E-state index in [-0.39, 0.29) is 23.8 Å². The summed E-state index contributed by atoms with van der Waals surface area (Å²) in [7, 11) is 0. The van der Waals surface area contributed by atoms with Crippen LogP contribution in [0.15, 0.2) is 77.3 Å². The normalized spacial score (nSPS) is 11.0. The van der Waals surface area contributed by atoms with Crippen LogP contribution < -0.4 is 15.4 Å². The molecule has 166 valence electrons. The van der Waals surface area contributed by atoms with Crippen LogP contribution in [0.4, 0.5) is 5.69 Å². The number of amides is 2. The van der Waals surface area contributed by atoms with E-state index < -0.39 is 0 Å². The third-order valence-electron chi connectivity index (χ3n) is 4.81. The monoisotopic (exact) mass is 494 g/mol. The van der Waals surface area contributed by atoms with Gasteiger partial charge in [-0.2, -0.15) is 0 Å². The van der Waals surface area contributed by atoms with Gasteiger partial charge in [-0.1, -0.05) is 73.1 Å². The third-order valence-corrected chi connectivity index (χ3v) is 5.31. The quantitative estimate of drug-likeness (QED) is 0.442. The van der Waals surface area contributed by atoms with Crippen LogP contribution >= 0.6 is 15.9 Å². The van der Waals surface area contributed by atoms with Crippen LogP contribution in [0.5, 0.6) is 5.75 Å². The van der Waals surface area contributed by atoms with Crippen LogP contribution in [0, 0.1) is 0 Å². The van der Waals surface area contributed by atoms with Gasteiger partial charge in [0.1, 0.15) is 5.75 Å². The zero-order chi connectivity index (χ0) is 23.1. The maximum Gasteiger partial charge on any atom is 0.262 e. The highest BCUT2D eigenvalue weighted by molar-refractivity contribution is 9.10. The fourth-order valence-corrected chi connectivity index (χ4v) is 3.53. The summed E-state index contributed by atoms with van der Waals surface area (Å²) in [5.74, 6) is 0.172. The van der Waals surface area contributed by atoms with E-state index in [0.29, 0.717) is 23.5 Å². The molecule has 0 atom stereocenters. The summed E-state index contributed by atoms with van der Waals surface area (Å²) in [5.41, 5.74) is 2.92. The van der Waals surface area contributed by atoms with E-state index in [2.05, 4.69) is 47.3 Å². The minimum Gasteiger partial charge on any atom is -0.483 e. The molecule has 0 aromatic heterocycles. The maximum atomic E-state index is 12.5. The number of carbonyl (C=O) groups excluding carboxylic acids is 2. The summed E-state index contributed by atoms with van der Waals surface area (Å²) >= 11 is 3.49. The fraction of sp³-hybridized carbons (Fsp3) is 0.231. The number of ether oxygens (including phenoxy) is 1. The summed E-state index contributed by atoms with van der Waals surface area (Å²) in [6.07, 6.45) is 0. The molecule has 3 rings (SSSR count). The molecule has 0 aliphatic carbocycles. The first-order valence-electron chi connectivity index (χ1n) is 10.4. The standard InChI is InChI=1S/C26H27BrN2O3/c1-26(2,3)22-15-20(27)12-13-23(22)32-17-24(30)29-21-11-7-10-19(14-21)25(31)28-16-18-8-5-4-6-9-18/h4-15H,16-17H2,1-3H3,(H,28,31)(H,29,30). The first-order valence-corrected chi connectivity index (χ1v) is 11.2. The van der Waals surface area contributed by atoms with Gasteiger partial charge in [-0.05, 0) is 47.4 Å². The van der Waals surface area contributed by atoms with Crippen molar-refractivity contribution in [1.82, 2.24) is 5.32 Å². The van der Waals surface area contributed by atoms with Gasteiger partial charge in [-0.25, -0.2) is 0 Å². The number of carbonyl (C=O) groups is 2. The van der Waals surface area contributed by atoms with Gasteiger partial charge in [0.2, 0.25) is 0 Å². The first-order chi connectivity index (χ1) is 15.2. The molecule has 0 heterocycles. The van der Waals surface area contributed by atoms with Crippen molar-refractivity contribution in [1.29, 1.82) is 0 Å². The zero-order valence-corrected chi connectivity index (χ0v) is 20.0.